The van der Waals surface area contributed by atoms with Crippen LogP contribution in [-0.4, -0.2) is 24.6 Å². The Balaban J connectivity index is 3.76. The molecular formula is C9H21NS. The predicted octanol–water partition coefficient (Wildman–Crippen LogP) is 2.52. The van der Waals surface area contributed by atoms with Crippen LogP contribution < -0.4 is 5.32 Å². The largest absolute Gasteiger partial charge is 0.316 e. The molecule has 2 unspecified atom stereocenters. The molecule has 1 nitrogen and oxygen atoms in total. The molecule has 0 aromatic rings. The van der Waals surface area contributed by atoms with Crippen LogP contribution in [0.5, 0.6) is 0 Å². The third-order valence-electron chi connectivity index (χ3n) is 2.12. The van der Waals surface area contributed by atoms with Crippen molar-refractivity contribution in [3.05, 3.63) is 0 Å². The third-order valence-corrected chi connectivity index (χ3v) is 3.39. The smallest absolute Gasteiger partial charge is 0.0195 e. The molecular weight excluding hydrogens is 154 g/mol. The quantitative estimate of drug-likeness (QED) is 0.666. The highest BCUT2D eigenvalue weighted by Crippen LogP contribution is 2.17. The molecule has 2 heteroatoms. The summed E-state index contributed by atoms with van der Waals surface area (Å²) in [7, 11) is 2.07. The summed E-state index contributed by atoms with van der Waals surface area (Å²) in [6.07, 6.45) is 6.05. The van der Waals surface area contributed by atoms with Crippen LogP contribution in [0.3, 0.4) is 0 Å². The van der Waals surface area contributed by atoms with Crippen molar-refractivity contribution in [2.24, 2.45) is 0 Å². The second-order valence-corrected chi connectivity index (χ2v) is 3.94. The number of nitrogens with one attached hydrogen (secondary N) is 1. The van der Waals surface area contributed by atoms with E-state index in [1.54, 1.807) is 0 Å². The first kappa shape index (κ1) is 11.3. The fourth-order valence-corrected chi connectivity index (χ4v) is 2.38. The average Bonchev–Trinajstić information content (AvgIpc) is 2.05. The van der Waals surface area contributed by atoms with Crippen LogP contribution in [0.2, 0.25) is 0 Å². The third kappa shape index (κ3) is 4.02. The van der Waals surface area contributed by atoms with Gasteiger partial charge in [-0.3, -0.25) is 0 Å². The fourth-order valence-electron chi connectivity index (χ4n) is 1.44. The highest BCUT2D eigenvalue weighted by Gasteiger charge is 2.15. The molecule has 0 bridgehead atoms. The van der Waals surface area contributed by atoms with Crippen molar-refractivity contribution < 1.29 is 0 Å². The van der Waals surface area contributed by atoms with Gasteiger partial charge in [-0.15, -0.1) is 0 Å². The molecule has 0 radical (unpaired) electrons. The lowest BCUT2D eigenvalue weighted by Gasteiger charge is -2.23. The van der Waals surface area contributed by atoms with Crippen molar-refractivity contribution in [1.29, 1.82) is 0 Å². The van der Waals surface area contributed by atoms with Gasteiger partial charge in [0.05, 0.1) is 0 Å². The van der Waals surface area contributed by atoms with Crippen molar-refractivity contribution in [2.45, 2.75) is 44.4 Å². The fraction of sp³-hybridized carbons (Fsp3) is 1.00. The monoisotopic (exact) mass is 175 g/mol. The molecule has 0 fully saturated rings. The predicted molar refractivity (Wildman–Crippen MR) is 55.3 cm³/mol. The maximum Gasteiger partial charge on any atom is 0.0195 e. The Kier molecular flexibility index (Phi) is 7.18. The zero-order chi connectivity index (χ0) is 8.69. The molecule has 0 heterocycles. The minimum atomic E-state index is 0.708. The van der Waals surface area contributed by atoms with Gasteiger partial charge in [-0.2, -0.15) is 11.8 Å². The summed E-state index contributed by atoms with van der Waals surface area (Å²) in [5.74, 6) is 0. The van der Waals surface area contributed by atoms with Gasteiger partial charge in [0, 0.05) is 11.3 Å². The second-order valence-electron chi connectivity index (χ2n) is 2.87. The molecule has 0 saturated carbocycles. The molecule has 0 aromatic carbocycles. The van der Waals surface area contributed by atoms with Gasteiger partial charge in [0.2, 0.25) is 0 Å². The SMILES string of the molecule is CCCC(NC)C(CC)SC. The van der Waals surface area contributed by atoms with E-state index in [1.807, 2.05) is 11.8 Å². The molecule has 0 aromatic heterocycles. The first-order chi connectivity index (χ1) is 5.29. The molecule has 1 N–H and O–H groups in total. The molecule has 11 heavy (non-hydrogen) atoms. The Labute approximate surface area is 75.3 Å². The highest BCUT2D eigenvalue weighted by atomic mass is 32.2. The summed E-state index contributed by atoms with van der Waals surface area (Å²) in [5, 5.41) is 4.18. The van der Waals surface area contributed by atoms with E-state index in [1.165, 1.54) is 19.3 Å². The molecule has 68 valence electrons. The maximum absolute atomic E-state index is 3.38. The summed E-state index contributed by atoms with van der Waals surface area (Å²) in [6, 6.07) is 0.708. The standard InChI is InChI=1S/C9H21NS/c1-5-7-8(10-3)9(6-2)11-4/h8-10H,5-7H2,1-4H3. The Morgan fingerprint density at radius 1 is 1.36 bits per heavy atom. The van der Waals surface area contributed by atoms with Crippen LogP contribution in [-0.2, 0) is 0 Å². The molecule has 0 aliphatic heterocycles. The molecule has 0 saturated heterocycles. The van der Waals surface area contributed by atoms with E-state index in [0.717, 1.165) is 5.25 Å². The number of hydrogen-bond acceptors (Lipinski definition) is 2. The van der Waals surface area contributed by atoms with Gasteiger partial charge < -0.3 is 5.32 Å². The maximum atomic E-state index is 3.38. The summed E-state index contributed by atoms with van der Waals surface area (Å²) in [5.41, 5.74) is 0. The van der Waals surface area contributed by atoms with E-state index in [0.29, 0.717) is 6.04 Å². The zero-order valence-corrected chi connectivity index (χ0v) is 9.00. The van der Waals surface area contributed by atoms with Crippen LogP contribution in [0.25, 0.3) is 0 Å². The zero-order valence-electron chi connectivity index (χ0n) is 8.18. The normalized spacial score (nSPS) is 16.4. The van der Waals surface area contributed by atoms with E-state index in [4.69, 9.17) is 0 Å². The van der Waals surface area contributed by atoms with E-state index < -0.39 is 0 Å². The molecule has 0 aliphatic carbocycles. The Hall–Kier alpha value is 0.310. The minimum Gasteiger partial charge on any atom is -0.316 e. The lowest BCUT2D eigenvalue weighted by Crippen LogP contribution is -2.35. The van der Waals surface area contributed by atoms with Crippen molar-refractivity contribution >= 4 is 11.8 Å². The minimum absolute atomic E-state index is 0.708. The summed E-state index contributed by atoms with van der Waals surface area (Å²) in [4.78, 5) is 0. The molecule has 2 atom stereocenters. The molecule has 0 spiro atoms. The van der Waals surface area contributed by atoms with Crippen molar-refractivity contribution in [3.63, 3.8) is 0 Å². The van der Waals surface area contributed by atoms with E-state index in [2.05, 4.69) is 32.5 Å². The number of hydrogen-bond donors (Lipinski definition) is 1. The van der Waals surface area contributed by atoms with Crippen LogP contribution in [0.4, 0.5) is 0 Å². The summed E-state index contributed by atoms with van der Waals surface area (Å²) < 4.78 is 0. The van der Waals surface area contributed by atoms with Crippen molar-refractivity contribution in [1.82, 2.24) is 5.32 Å². The number of rotatable bonds is 6. The summed E-state index contributed by atoms with van der Waals surface area (Å²) >= 11 is 1.98. The molecule has 0 amide bonds. The Morgan fingerprint density at radius 2 is 2.00 bits per heavy atom. The van der Waals surface area contributed by atoms with Crippen LogP contribution in [0.15, 0.2) is 0 Å². The van der Waals surface area contributed by atoms with E-state index in [9.17, 15) is 0 Å². The van der Waals surface area contributed by atoms with Gasteiger partial charge >= 0.3 is 0 Å². The van der Waals surface area contributed by atoms with Crippen LogP contribution in [0.1, 0.15) is 33.1 Å². The lowest BCUT2D eigenvalue weighted by atomic mass is 10.1. The van der Waals surface area contributed by atoms with Gasteiger partial charge in [-0.05, 0) is 26.1 Å². The molecule has 0 rings (SSSR count). The van der Waals surface area contributed by atoms with Gasteiger partial charge in [-0.25, -0.2) is 0 Å². The van der Waals surface area contributed by atoms with Gasteiger partial charge in [0.25, 0.3) is 0 Å². The van der Waals surface area contributed by atoms with Crippen LogP contribution >= 0.6 is 11.8 Å². The second kappa shape index (κ2) is 6.99. The first-order valence-corrected chi connectivity index (χ1v) is 5.78. The molecule has 0 aliphatic rings. The highest BCUT2D eigenvalue weighted by molar-refractivity contribution is 7.99. The first-order valence-electron chi connectivity index (χ1n) is 4.50. The average molecular weight is 175 g/mol. The number of thioether (sulfide) groups is 1. The van der Waals surface area contributed by atoms with Gasteiger partial charge in [-0.1, -0.05) is 20.3 Å². The Bertz CT molecular complexity index is 81.6. The Morgan fingerprint density at radius 3 is 2.27 bits per heavy atom. The van der Waals surface area contributed by atoms with Gasteiger partial charge in [0.15, 0.2) is 0 Å². The van der Waals surface area contributed by atoms with Crippen molar-refractivity contribution in [3.8, 4) is 0 Å². The van der Waals surface area contributed by atoms with E-state index in [-0.39, 0.29) is 0 Å². The van der Waals surface area contributed by atoms with Crippen LogP contribution in [0, 0.1) is 0 Å². The summed E-state index contributed by atoms with van der Waals surface area (Å²) in [6.45, 7) is 4.51. The topological polar surface area (TPSA) is 12.0 Å². The van der Waals surface area contributed by atoms with E-state index >= 15 is 0 Å². The van der Waals surface area contributed by atoms with Gasteiger partial charge in [0.1, 0.15) is 0 Å². The van der Waals surface area contributed by atoms with Crippen molar-refractivity contribution in [2.75, 3.05) is 13.3 Å². The lowest BCUT2D eigenvalue weighted by molar-refractivity contribution is 0.490.